The molecule has 0 spiro atoms. The Hall–Kier alpha value is -2.44. The highest BCUT2D eigenvalue weighted by Crippen LogP contribution is 2.45. The Morgan fingerprint density at radius 1 is 1.14 bits per heavy atom. The summed E-state index contributed by atoms with van der Waals surface area (Å²) >= 11 is 0. The zero-order valence-electron chi connectivity index (χ0n) is 22.8. The molecule has 6 heteroatoms. The van der Waals surface area contributed by atoms with E-state index in [0.29, 0.717) is 24.8 Å². The molecule has 204 valence electrons. The van der Waals surface area contributed by atoms with E-state index in [2.05, 4.69) is 37.4 Å². The molecule has 0 radical (unpaired) electrons. The SMILES string of the molecule is CC[C@H](C)C(=O)O[C@H]1C[C@@H](C)C=C2C=C[C@H](C)C(CC[C@@H](O)C[C@@H](O)CC(=O)NCc3ccccc3)[C@H]21. The first-order valence-electron chi connectivity index (χ1n) is 13.9. The standard InChI is InChI=1S/C31H45NO5/c1-5-21(3)31(36)37-28-16-20(2)15-24-12-11-22(4)27(30(24)28)14-13-25(33)17-26(34)18-29(35)32-19-23-9-7-6-8-10-23/h6-12,15,20-22,25-28,30,33-34H,5,13-14,16-19H2,1-4H3,(H,32,35)/t20-,21-,22-,25+,26+,27?,28-,30-/m0/s1. The molecule has 1 aromatic rings. The molecule has 8 atom stereocenters. The van der Waals surface area contributed by atoms with Crippen molar-refractivity contribution < 1.29 is 24.5 Å². The number of esters is 1. The summed E-state index contributed by atoms with van der Waals surface area (Å²) in [6.45, 7) is 8.67. The van der Waals surface area contributed by atoms with E-state index >= 15 is 0 Å². The van der Waals surface area contributed by atoms with Crippen LogP contribution >= 0.6 is 0 Å². The topological polar surface area (TPSA) is 95.9 Å². The minimum Gasteiger partial charge on any atom is -0.461 e. The number of benzene rings is 1. The van der Waals surface area contributed by atoms with Crippen LogP contribution in [0.15, 0.2) is 54.1 Å². The van der Waals surface area contributed by atoms with Gasteiger partial charge in [0.25, 0.3) is 0 Å². The van der Waals surface area contributed by atoms with Crippen molar-refractivity contribution in [3.05, 3.63) is 59.7 Å². The molecule has 0 saturated carbocycles. The Labute approximate surface area is 222 Å². The third-order valence-corrected chi connectivity index (χ3v) is 8.01. The summed E-state index contributed by atoms with van der Waals surface area (Å²) in [6.07, 6.45) is 7.91. The minimum absolute atomic E-state index is 0.0342. The summed E-state index contributed by atoms with van der Waals surface area (Å²) in [5, 5.41) is 23.9. The van der Waals surface area contributed by atoms with Gasteiger partial charge in [-0.3, -0.25) is 9.59 Å². The van der Waals surface area contributed by atoms with E-state index in [1.165, 1.54) is 5.57 Å². The number of hydrogen-bond donors (Lipinski definition) is 3. The van der Waals surface area contributed by atoms with Gasteiger partial charge in [0.2, 0.25) is 5.91 Å². The molecular weight excluding hydrogens is 466 g/mol. The van der Waals surface area contributed by atoms with Crippen LogP contribution in [-0.4, -0.2) is 40.4 Å². The molecule has 3 N–H and O–H groups in total. The summed E-state index contributed by atoms with van der Waals surface area (Å²) in [4.78, 5) is 24.9. The van der Waals surface area contributed by atoms with Crippen molar-refractivity contribution in [1.29, 1.82) is 0 Å². The van der Waals surface area contributed by atoms with E-state index in [1.54, 1.807) is 0 Å². The fraction of sp³-hybridized carbons (Fsp3) is 0.613. The molecule has 6 nitrogen and oxygen atoms in total. The van der Waals surface area contributed by atoms with Crippen LogP contribution < -0.4 is 5.32 Å². The first kappa shape index (κ1) is 29.1. The largest absolute Gasteiger partial charge is 0.461 e. The molecule has 37 heavy (non-hydrogen) atoms. The third kappa shape index (κ3) is 8.54. The molecule has 1 amide bonds. The fourth-order valence-electron chi connectivity index (χ4n) is 5.64. The van der Waals surface area contributed by atoms with Gasteiger partial charge in [0.15, 0.2) is 0 Å². The maximum Gasteiger partial charge on any atom is 0.308 e. The Morgan fingerprint density at radius 2 is 1.86 bits per heavy atom. The number of amides is 1. The van der Waals surface area contributed by atoms with E-state index in [9.17, 15) is 19.8 Å². The zero-order chi connectivity index (χ0) is 26.9. The molecule has 2 aliphatic rings. The highest BCUT2D eigenvalue weighted by molar-refractivity contribution is 5.76. The molecule has 3 rings (SSSR count). The average molecular weight is 512 g/mol. The Balaban J connectivity index is 1.53. The van der Waals surface area contributed by atoms with Crippen molar-refractivity contribution in [1.82, 2.24) is 5.32 Å². The third-order valence-electron chi connectivity index (χ3n) is 8.01. The van der Waals surface area contributed by atoms with Crippen LogP contribution in [0.25, 0.3) is 0 Å². The van der Waals surface area contributed by atoms with Gasteiger partial charge in [-0.25, -0.2) is 0 Å². The van der Waals surface area contributed by atoms with Gasteiger partial charge in [-0.15, -0.1) is 0 Å². The number of allylic oxidation sites excluding steroid dienone is 3. The Kier molecular flexibility index (Phi) is 11.0. The van der Waals surface area contributed by atoms with Crippen molar-refractivity contribution in [2.75, 3.05) is 0 Å². The molecule has 0 aliphatic heterocycles. The van der Waals surface area contributed by atoms with Gasteiger partial charge >= 0.3 is 5.97 Å². The predicted molar refractivity (Wildman–Crippen MR) is 145 cm³/mol. The summed E-state index contributed by atoms with van der Waals surface area (Å²) in [7, 11) is 0. The van der Waals surface area contributed by atoms with Gasteiger partial charge in [0.1, 0.15) is 6.10 Å². The highest BCUT2D eigenvalue weighted by atomic mass is 16.5. The molecular formula is C31H45NO5. The molecule has 2 aliphatic carbocycles. The number of aliphatic hydroxyl groups is 2. The number of carbonyl (C=O) groups is 2. The van der Waals surface area contributed by atoms with Gasteiger partial charge in [-0.2, -0.15) is 0 Å². The van der Waals surface area contributed by atoms with Gasteiger partial charge in [-0.05, 0) is 61.0 Å². The summed E-state index contributed by atoms with van der Waals surface area (Å²) in [5.41, 5.74) is 2.23. The van der Waals surface area contributed by atoms with Crippen LogP contribution in [0, 0.1) is 29.6 Å². The second kappa shape index (κ2) is 13.9. The molecule has 0 fully saturated rings. The van der Waals surface area contributed by atoms with Gasteiger partial charge in [-0.1, -0.05) is 76.3 Å². The predicted octanol–water partition coefficient (Wildman–Crippen LogP) is 4.95. The molecule has 0 saturated heterocycles. The molecule has 1 unspecified atom stereocenters. The van der Waals surface area contributed by atoms with Crippen molar-refractivity contribution >= 4 is 11.9 Å². The zero-order valence-corrected chi connectivity index (χ0v) is 22.8. The van der Waals surface area contributed by atoms with Crippen molar-refractivity contribution in [2.45, 2.75) is 91.1 Å². The first-order valence-corrected chi connectivity index (χ1v) is 13.9. The van der Waals surface area contributed by atoms with Crippen molar-refractivity contribution in [2.24, 2.45) is 29.6 Å². The molecule has 1 aromatic carbocycles. The summed E-state index contributed by atoms with van der Waals surface area (Å²) in [5.74, 6) is 0.509. The lowest BCUT2D eigenvalue weighted by molar-refractivity contribution is -0.158. The number of aliphatic hydroxyl groups excluding tert-OH is 2. The van der Waals surface area contributed by atoms with Crippen LogP contribution in [0.1, 0.15) is 71.8 Å². The van der Waals surface area contributed by atoms with Gasteiger partial charge in [0, 0.05) is 12.5 Å². The average Bonchev–Trinajstić information content (AvgIpc) is 2.86. The van der Waals surface area contributed by atoms with Gasteiger partial charge < -0.3 is 20.3 Å². The maximum atomic E-state index is 12.7. The van der Waals surface area contributed by atoms with Crippen LogP contribution in [0.5, 0.6) is 0 Å². The van der Waals surface area contributed by atoms with Crippen LogP contribution in [0.3, 0.4) is 0 Å². The van der Waals surface area contributed by atoms with Crippen molar-refractivity contribution in [3.63, 3.8) is 0 Å². The van der Waals surface area contributed by atoms with Crippen LogP contribution in [-0.2, 0) is 20.9 Å². The number of ether oxygens (including phenoxy) is 1. The Morgan fingerprint density at radius 3 is 2.57 bits per heavy atom. The second-order valence-electron chi connectivity index (χ2n) is 11.2. The first-order chi connectivity index (χ1) is 17.7. The van der Waals surface area contributed by atoms with Crippen molar-refractivity contribution in [3.8, 4) is 0 Å². The lowest BCUT2D eigenvalue weighted by Crippen LogP contribution is -2.41. The van der Waals surface area contributed by atoms with Crippen LogP contribution in [0.2, 0.25) is 0 Å². The highest BCUT2D eigenvalue weighted by Gasteiger charge is 2.41. The minimum atomic E-state index is -0.898. The summed E-state index contributed by atoms with van der Waals surface area (Å²) < 4.78 is 6.07. The number of carbonyl (C=O) groups excluding carboxylic acids is 2. The fourth-order valence-corrected chi connectivity index (χ4v) is 5.64. The number of hydrogen-bond acceptors (Lipinski definition) is 5. The second-order valence-corrected chi connectivity index (χ2v) is 11.2. The van der Waals surface area contributed by atoms with E-state index < -0.39 is 12.2 Å². The number of fused-ring (bicyclic) bond motifs is 1. The molecule has 0 bridgehead atoms. The monoisotopic (exact) mass is 511 g/mol. The van der Waals surface area contributed by atoms with Crippen LogP contribution in [0.4, 0.5) is 0 Å². The van der Waals surface area contributed by atoms with Gasteiger partial charge in [0.05, 0.1) is 24.5 Å². The smallest absolute Gasteiger partial charge is 0.308 e. The maximum absolute atomic E-state index is 12.7. The summed E-state index contributed by atoms with van der Waals surface area (Å²) in [6, 6.07) is 9.63. The van der Waals surface area contributed by atoms with E-state index in [-0.39, 0.29) is 48.6 Å². The lowest BCUT2D eigenvalue weighted by Gasteiger charge is -2.43. The normalized spacial score (nSPS) is 27.4. The van der Waals surface area contributed by atoms with E-state index in [0.717, 1.165) is 24.8 Å². The molecule has 0 heterocycles. The van der Waals surface area contributed by atoms with E-state index in [1.807, 2.05) is 44.2 Å². The molecule has 0 aromatic heterocycles. The number of rotatable bonds is 12. The number of nitrogens with one attached hydrogen (secondary N) is 1. The quantitative estimate of drug-likeness (QED) is 0.345. The Bertz CT molecular complexity index is 942. The lowest BCUT2D eigenvalue weighted by atomic mass is 9.65. The van der Waals surface area contributed by atoms with E-state index in [4.69, 9.17) is 4.74 Å².